The highest BCUT2D eigenvalue weighted by molar-refractivity contribution is 5.91. The first-order valence-corrected chi connectivity index (χ1v) is 9.64. The topological polar surface area (TPSA) is 75.4 Å². The molecule has 5 nitrogen and oxygen atoms in total. The zero-order valence-electron chi connectivity index (χ0n) is 16.6. The summed E-state index contributed by atoms with van der Waals surface area (Å²) < 4.78 is 38.0. The standard InChI is InChI=1S/C20H28F3N3O2.ClH/c1-2-26(18(28)20(21,22)23)13-15-7-6-8-16(11-15)25-17(27)12-19(14-24)9-4-3-5-10-19;/h6-8,11H,2-5,9-10,12-14,24H2,1H3,(H,25,27);1H. The summed E-state index contributed by atoms with van der Waals surface area (Å²) in [7, 11) is 0. The summed E-state index contributed by atoms with van der Waals surface area (Å²) in [5, 5.41) is 2.82. The molecule has 1 aromatic carbocycles. The Bertz CT molecular complexity index is 692. The molecule has 0 bridgehead atoms. The van der Waals surface area contributed by atoms with Crippen molar-refractivity contribution in [2.24, 2.45) is 11.1 Å². The summed E-state index contributed by atoms with van der Waals surface area (Å²) >= 11 is 0. The van der Waals surface area contributed by atoms with Crippen molar-refractivity contribution in [1.82, 2.24) is 4.90 Å². The van der Waals surface area contributed by atoms with E-state index >= 15 is 0 Å². The third-order valence-electron chi connectivity index (χ3n) is 5.38. The number of nitrogens with two attached hydrogens (primary N) is 1. The molecule has 1 aliphatic carbocycles. The van der Waals surface area contributed by atoms with Gasteiger partial charge in [-0.2, -0.15) is 13.2 Å². The summed E-state index contributed by atoms with van der Waals surface area (Å²) in [5.74, 6) is -2.02. The van der Waals surface area contributed by atoms with Crippen LogP contribution in [0.1, 0.15) is 51.0 Å². The van der Waals surface area contributed by atoms with Crippen molar-refractivity contribution in [2.75, 3.05) is 18.4 Å². The highest BCUT2D eigenvalue weighted by Gasteiger charge is 2.42. The zero-order chi connectivity index (χ0) is 20.8. The number of rotatable bonds is 7. The van der Waals surface area contributed by atoms with E-state index < -0.39 is 12.1 Å². The predicted molar refractivity (Wildman–Crippen MR) is 109 cm³/mol. The fraction of sp³-hybridized carbons (Fsp3) is 0.600. The smallest absolute Gasteiger partial charge is 0.331 e. The van der Waals surface area contributed by atoms with Crippen LogP contribution in [0.5, 0.6) is 0 Å². The average molecular weight is 436 g/mol. The molecule has 0 aliphatic heterocycles. The lowest BCUT2D eigenvalue weighted by Gasteiger charge is -2.35. The van der Waals surface area contributed by atoms with Crippen molar-refractivity contribution in [3.8, 4) is 0 Å². The Kier molecular flexibility index (Phi) is 9.42. The van der Waals surface area contributed by atoms with Gasteiger partial charge < -0.3 is 16.0 Å². The second-order valence-corrected chi connectivity index (χ2v) is 7.51. The number of hydrogen-bond donors (Lipinski definition) is 2. The first-order valence-electron chi connectivity index (χ1n) is 9.64. The molecule has 0 saturated heterocycles. The minimum absolute atomic E-state index is 0. The van der Waals surface area contributed by atoms with Gasteiger partial charge in [-0.05, 0) is 49.4 Å². The Balaban J connectivity index is 0.00000420. The van der Waals surface area contributed by atoms with Gasteiger partial charge in [-0.15, -0.1) is 12.4 Å². The van der Waals surface area contributed by atoms with Crippen molar-refractivity contribution in [3.63, 3.8) is 0 Å². The molecular weight excluding hydrogens is 407 g/mol. The number of carbonyl (C=O) groups is 2. The van der Waals surface area contributed by atoms with Crippen LogP contribution in [0.15, 0.2) is 24.3 Å². The summed E-state index contributed by atoms with van der Waals surface area (Å²) in [6.07, 6.45) is 0.597. The summed E-state index contributed by atoms with van der Waals surface area (Å²) in [6.45, 7) is 1.72. The van der Waals surface area contributed by atoms with Gasteiger partial charge in [0.2, 0.25) is 5.91 Å². The Labute approximate surface area is 175 Å². The van der Waals surface area contributed by atoms with Crippen LogP contribution in [-0.4, -0.2) is 36.0 Å². The van der Waals surface area contributed by atoms with Crippen molar-refractivity contribution in [2.45, 2.75) is 58.2 Å². The van der Waals surface area contributed by atoms with Crippen LogP contribution < -0.4 is 11.1 Å². The van der Waals surface area contributed by atoms with Gasteiger partial charge in [-0.1, -0.05) is 31.4 Å². The molecule has 3 N–H and O–H groups in total. The van der Waals surface area contributed by atoms with Crippen LogP contribution in [-0.2, 0) is 16.1 Å². The van der Waals surface area contributed by atoms with E-state index in [0.29, 0.717) is 24.2 Å². The molecular formula is C20H29ClF3N3O2. The van der Waals surface area contributed by atoms with Crippen LogP contribution in [0.2, 0.25) is 0 Å². The molecule has 0 atom stereocenters. The van der Waals surface area contributed by atoms with Gasteiger partial charge in [0.15, 0.2) is 0 Å². The summed E-state index contributed by atoms with van der Waals surface area (Å²) in [5.41, 5.74) is 6.78. The number of benzene rings is 1. The van der Waals surface area contributed by atoms with E-state index in [2.05, 4.69) is 5.32 Å². The normalized spacial score (nSPS) is 15.9. The molecule has 0 spiro atoms. The van der Waals surface area contributed by atoms with Crippen LogP contribution in [0.25, 0.3) is 0 Å². The number of alkyl halides is 3. The third-order valence-corrected chi connectivity index (χ3v) is 5.38. The second kappa shape index (κ2) is 10.8. The van der Waals surface area contributed by atoms with E-state index in [1.54, 1.807) is 24.3 Å². The lowest BCUT2D eigenvalue weighted by atomic mass is 9.71. The molecule has 164 valence electrons. The van der Waals surface area contributed by atoms with Crippen molar-refractivity contribution in [3.05, 3.63) is 29.8 Å². The number of hydrogen-bond acceptors (Lipinski definition) is 3. The molecule has 0 heterocycles. The van der Waals surface area contributed by atoms with Gasteiger partial charge in [0.25, 0.3) is 0 Å². The predicted octanol–water partition coefficient (Wildman–Crippen LogP) is 4.26. The van der Waals surface area contributed by atoms with Crippen LogP contribution in [0.4, 0.5) is 18.9 Å². The molecule has 1 fully saturated rings. The Morgan fingerprint density at radius 3 is 2.41 bits per heavy atom. The molecule has 29 heavy (non-hydrogen) atoms. The highest BCUT2D eigenvalue weighted by Crippen LogP contribution is 2.38. The lowest BCUT2D eigenvalue weighted by Crippen LogP contribution is -2.40. The second-order valence-electron chi connectivity index (χ2n) is 7.51. The highest BCUT2D eigenvalue weighted by atomic mass is 35.5. The maximum Gasteiger partial charge on any atom is 0.471 e. The van der Waals surface area contributed by atoms with Crippen molar-refractivity contribution >= 4 is 29.9 Å². The lowest BCUT2D eigenvalue weighted by molar-refractivity contribution is -0.185. The summed E-state index contributed by atoms with van der Waals surface area (Å²) in [6, 6.07) is 6.56. The average Bonchev–Trinajstić information content (AvgIpc) is 2.65. The molecule has 0 aromatic heterocycles. The Morgan fingerprint density at radius 2 is 1.86 bits per heavy atom. The number of carbonyl (C=O) groups excluding carboxylic acids is 2. The number of halogens is 4. The minimum atomic E-state index is -4.90. The number of nitrogens with zero attached hydrogens (tertiary/aromatic N) is 1. The Morgan fingerprint density at radius 1 is 1.21 bits per heavy atom. The van der Waals surface area contributed by atoms with E-state index in [1.807, 2.05) is 0 Å². The Hall–Kier alpha value is -1.80. The molecule has 0 radical (unpaired) electrons. The van der Waals surface area contributed by atoms with Gasteiger partial charge in [0.1, 0.15) is 0 Å². The number of amides is 2. The first kappa shape index (κ1) is 25.2. The molecule has 2 amide bonds. The number of nitrogens with one attached hydrogen (secondary N) is 1. The van der Waals surface area contributed by atoms with E-state index in [0.717, 1.165) is 37.0 Å². The van der Waals surface area contributed by atoms with Crippen LogP contribution in [0.3, 0.4) is 0 Å². The van der Waals surface area contributed by atoms with Gasteiger partial charge in [-0.3, -0.25) is 9.59 Å². The maximum absolute atomic E-state index is 12.7. The number of anilines is 1. The molecule has 2 rings (SSSR count). The monoisotopic (exact) mass is 435 g/mol. The van der Waals surface area contributed by atoms with E-state index in [1.165, 1.54) is 6.92 Å². The molecule has 1 aliphatic rings. The maximum atomic E-state index is 12.7. The van der Waals surface area contributed by atoms with E-state index in [4.69, 9.17) is 5.73 Å². The van der Waals surface area contributed by atoms with Crippen LogP contribution >= 0.6 is 12.4 Å². The van der Waals surface area contributed by atoms with Gasteiger partial charge in [-0.25, -0.2) is 0 Å². The van der Waals surface area contributed by atoms with E-state index in [9.17, 15) is 22.8 Å². The molecule has 1 saturated carbocycles. The zero-order valence-corrected chi connectivity index (χ0v) is 17.4. The minimum Gasteiger partial charge on any atom is -0.331 e. The van der Waals surface area contributed by atoms with Gasteiger partial charge in [0.05, 0.1) is 0 Å². The quantitative estimate of drug-likeness (QED) is 0.672. The molecule has 1 aromatic rings. The van der Waals surface area contributed by atoms with Gasteiger partial charge in [0, 0.05) is 25.2 Å². The van der Waals surface area contributed by atoms with Crippen molar-refractivity contribution in [1.29, 1.82) is 0 Å². The SMILES string of the molecule is CCN(Cc1cccc(NC(=O)CC2(CN)CCCCC2)c1)C(=O)C(F)(F)F.Cl. The summed E-state index contributed by atoms with van der Waals surface area (Å²) in [4.78, 5) is 24.7. The fourth-order valence-corrected chi connectivity index (χ4v) is 3.77. The first-order chi connectivity index (χ1) is 13.2. The fourth-order valence-electron chi connectivity index (χ4n) is 3.77. The van der Waals surface area contributed by atoms with Gasteiger partial charge >= 0.3 is 12.1 Å². The van der Waals surface area contributed by atoms with Crippen molar-refractivity contribution < 1.29 is 22.8 Å². The third kappa shape index (κ3) is 7.19. The largest absolute Gasteiger partial charge is 0.471 e. The van der Waals surface area contributed by atoms with Crippen LogP contribution in [0, 0.1) is 5.41 Å². The molecule has 9 heteroatoms. The molecule has 0 unspecified atom stereocenters. The van der Waals surface area contributed by atoms with E-state index in [-0.39, 0.29) is 36.8 Å².